The molecule has 0 aliphatic heterocycles. The Bertz CT molecular complexity index is 908. The SMILES string of the molecule is CCS(=O)(=O)Nc1cc(OC)ccc1S(=O)(=O)N(C)c1nccs1. The first-order valence-corrected chi connectivity index (χ1v) is 10.8. The smallest absolute Gasteiger partial charge is 0.267 e. The Morgan fingerprint density at radius 1 is 1.29 bits per heavy atom. The van der Waals surface area contributed by atoms with Crippen LogP contribution in [0.3, 0.4) is 0 Å². The van der Waals surface area contributed by atoms with Crippen LogP contribution in [-0.4, -0.2) is 41.7 Å². The van der Waals surface area contributed by atoms with Crippen LogP contribution in [0.5, 0.6) is 5.75 Å². The monoisotopic (exact) mass is 391 g/mol. The summed E-state index contributed by atoms with van der Waals surface area (Å²) >= 11 is 1.16. The van der Waals surface area contributed by atoms with Crippen LogP contribution in [0.15, 0.2) is 34.7 Å². The highest BCUT2D eigenvalue weighted by molar-refractivity contribution is 7.94. The van der Waals surface area contributed by atoms with Crippen LogP contribution in [0.1, 0.15) is 6.92 Å². The second kappa shape index (κ2) is 6.95. The molecule has 0 radical (unpaired) electrons. The lowest BCUT2D eigenvalue weighted by Crippen LogP contribution is -2.28. The number of benzene rings is 1. The number of ether oxygens (including phenoxy) is 1. The summed E-state index contributed by atoms with van der Waals surface area (Å²) in [5.74, 6) is 0.145. The van der Waals surface area contributed by atoms with Gasteiger partial charge in [0.15, 0.2) is 5.13 Å². The molecule has 0 aliphatic rings. The Balaban J connectivity index is 2.56. The third kappa shape index (κ3) is 3.79. The highest BCUT2D eigenvalue weighted by Gasteiger charge is 2.27. The number of sulfonamides is 2. The Kier molecular flexibility index (Phi) is 5.35. The van der Waals surface area contributed by atoms with Gasteiger partial charge in [-0.25, -0.2) is 26.1 Å². The molecular formula is C13H17N3O5S3. The van der Waals surface area contributed by atoms with E-state index in [0.717, 1.165) is 15.6 Å². The average molecular weight is 391 g/mol. The van der Waals surface area contributed by atoms with Gasteiger partial charge < -0.3 is 4.74 Å². The molecule has 0 bridgehead atoms. The maximum atomic E-state index is 12.8. The molecule has 0 fully saturated rings. The Hall–Kier alpha value is -1.85. The van der Waals surface area contributed by atoms with Gasteiger partial charge in [-0.1, -0.05) is 0 Å². The normalized spacial score (nSPS) is 12.0. The molecule has 0 aliphatic carbocycles. The molecule has 2 aromatic rings. The van der Waals surface area contributed by atoms with E-state index >= 15 is 0 Å². The van der Waals surface area contributed by atoms with Crippen molar-refractivity contribution in [3.05, 3.63) is 29.8 Å². The van der Waals surface area contributed by atoms with Crippen LogP contribution in [0, 0.1) is 0 Å². The third-order valence-corrected chi connectivity index (χ3v) is 7.22. The lowest BCUT2D eigenvalue weighted by molar-refractivity contribution is 0.414. The number of nitrogens with zero attached hydrogens (tertiary/aromatic N) is 2. The van der Waals surface area contributed by atoms with Crippen molar-refractivity contribution in [3.63, 3.8) is 0 Å². The Labute approximate surface area is 145 Å². The molecule has 24 heavy (non-hydrogen) atoms. The van der Waals surface area contributed by atoms with Gasteiger partial charge in [0.1, 0.15) is 10.6 Å². The molecule has 0 atom stereocenters. The zero-order valence-electron chi connectivity index (χ0n) is 13.3. The van der Waals surface area contributed by atoms with E-state index in [1.807, 2.05) is 0 Å². The lowest BCUT2D eigenvalue weighted by Gasteiger charge is -2.19. The number of nitrogens with one attached hydrogen (secondary N) is 1. The zero-order chi connectivity index (χ0) is 18.0. The first-order chi connectivity index (χ1) is 11.2. The maximum absolute atomic E-state index is 12.8. The van der Waals surface area contributed by atoms with E-state index in [2.05, 4.69) is 9.71 Å². The summed E-state index contributed by atoms with van der Waals surface area (Å²) < 4.78 is 57.8. The van der Waals surface area contributed by atoms with Gasteiger partial charge in [0.2, 0.25) is 10.0 Å². The predicted octanol–water partition coefficient (Wildman–Crippen LogP) is 1.74. The number of anilines is 2. The highest BCUT2D eigenvalue weighted by Crippen LogP contribution is 2.31. The van der Waals surface area contributed by atoms with Gasteiger partial charge in [-0.2, -0.15) is 0 Å². The van der Waals surface area contributed by atoms with E-state index in [0.29, 0.717) is 5.75 Å². The number of hydrogen-bond donors (Lipinski definition) is 1. The summed E-state index contributed by atoms with van der Waals surface area (Å²) in [6, 6.07) is 4.08. The largest absolute Gasteiger partial charge is 0.497 e. The minimum atomic E-state index is -4.00. The Morgan fingerprint density at radius 3 is 2.54 bits per heavy atom. The quantitative estimate of drug-likeness (QED) is 0.771. The summed E-state index contributed by atoms with van der Waals surface area (Å²) in [5.41, 5.74) is -0.0698. The van der Waals surface area contributed by atoms with Gasteiger partial charge >= 0.3 is 0 Å². The minimum Gasteiger partial charge on any atom is -0.497 e. The predicted molar refractivity (Wildman–Crippen MR) is 93.8 cm³/mol. The molecule has 2 rings (SSSR count). The van der Waals surface area contributed by atoms with Crippen LogP contribution in [0.4, 0.5) is 10.8 Å². The minimum absolute atomic E-state index is 0.0698. The summed E-state index contributed by atoms with van der Waals surface area (Å²) in [6.07, 6.45) is 1.49. The van der Waals surface area contributed by atoms with Gasteiger partial charge in [0.05, 0.1) is 18.6 Å². The third-order valence-electron chi connectivity index (χ3n) is 3.16. The molecule has 0 saturated heterocycles. The van der Waals surface area contributed by atoms with Crippen molar-refractivity contribution >= 4 is 42.2 Å². The van der Waals surface area contributed by atoms with Crippen molar-refractivity contribution in [2.24, 2.45) is 0 Å². The molecule has 0 amide bonds. The molecule has 1 aromatic carbocycles. The number of hydrogen-bond acceptors (Lipinski definition) is 7. The van der Waals surface area contributed by atoms with Crippen LogP contribution in [-0.2, 0) is 20.0 Å². The summed E-state index contributed by atoms with van der Waals surface area (Å²) in [5, 5.41) is 1.92. The molecule has 1 heterocycles. The van der Waals surface area contributed by atoms with E-state index in [1.54, 1.807) is 5.38 Å². The van der Waals surface area contributed by atoms with Gasteiger partial charge in [0, 0.05) is 24.7 Å². The van der Waals surface area contributed by atoms with Gasteiger partial charge in [-0.15, -0.1) is 11.3 Å². The van der Waals surface area contributed by atoms with Crippen molar-refractivity contribution in [1.82, 2.24) is 4.98 Å². The number of aromatic nitrogens is 1. The Morgan fingerprint density at radius 2 is 2.00 bits per heavy atom. The van der Waals surface area contributed by atoms with Crippen molar-refractivity contribution < 1.29 is 21.6 Å². The van der Waals surface area contributed by atoms with Crippen molar-refractivity contribution in [2.75, 3.05) is 28.9 Å². The second-order valence-corrected chi connectivity index (χ2v) is 9.48. The van der Waals surface area contributed by atoms with Crippen LogP contribution >= 0.6 is 11.3 Å². The fourth-order valence-corrected chi connectivity index (χ4v) is 4.63. The lowest BCUT2D eigenvalue weighted by atomic mass is 10.3. The topological polar surface area (TPSA) is 106 Å². The highest BCUT2D eigenvalue weighted by atomic mass is 32.2. The van der Waals surface area contributed by atoms with Crippen molar-refractivity contribution in [2.45, 2.75) is 11.8 Å². The molecule has 8 nitrogen and oxygen atoms in total. The zero-order valence-corrected chi connectivity index (χ0v) is 15.7. The fourth-order valence-electron chi connectivity index (χ4n) is 1.80. The molecule has 1 aromatic heterocycles. The fraction of sp³-hybridized carbons (Fsp3) is 0.308. The number of thiazole rings is 1. The van der Waals surface area contributed by atoms with Crippen LogP contribution in [0.2, 0.25) is 0 Å². The second-order valence-electron chi connectivity index (χ2n) is 4.65. The van der Waals surface area contributed by atoms with Crippen LogP contribution < -0.4 is 13.8 Å². The maximum Gasteiger partial charge on any atom is 0.267 e. The molecule has 0 unspecified atom stereocenters. The summed E-state index contributed by atoms with van der Waals surface area (Å²) in [6.45, 7) is 1.46. The first-order valence-electron chi connectivity index (χ1n) is 6.78. The molecule has 0 saturated carbocycles. The van der Waals surface area contributed by atoms with Crippen molar-refractivity contribution in [1.29, 1.82) is 0 Å². The van der Waals surface area contributed by atoms with E-state index in [9.17, 15) is 16.8 Å². The van der Waals surface area contributed by atoms with E-state index in [4.69, 9.17) is 4.74 Å². The van der Waals surface area contributed by atoms with Crippen molar-refractivity contribution in [3.8, 4) is 5.75 Å². The summed E-state index contributed by atoms with van der Waals surface area (Å²) in [7, 11) is -4.90. The number of rotatable bonds is 7. The first kappa shape index (κ1) is 18.5. The average Bonchev–Trinajstić information content (AvgIpc) is 3.07. The molecule has 11 heteroatoms. The summed E-state index contributed by atoms with van der Waals surface area (Å²) in [4.78, 5) is 3.78. The molecule has 132 valence electrons. The van der Waals surface area contributed by atoms with Gasteiger partial charge in [-0.3, -0.25) is 4.72 Å². The van der Waals surface area contributed by atoms with Gasteiger partial charge in [-0.05, 0) is 19.1 Å². The number of methoxy groups -OCH3 is 1. The van der Waals surface area contributed by atoms with Gasteiger partial charge in [0.25, 0.3) is 10.0 Å². The molecule has 1 N–H and O–H groups in total. The molecule has 0 spiro atoms. The van der Waals surface area contributed by atoms with Crippen LogP contribution in [0.25, 0.3) is 0 Å². The standard InChI is InChI=1S/C13H17N3O5S3/c1-4-23(17,18)15-11-9-10(21-3)5-6-12(11)24(19,20)16(2)13-14-7-8-22-13/h5-9,15H,4H2,1-3H3. The van der Waals surface area contributed by atoms with E-state index in [-0.39, 0.29) is 21.5 Å². The van der Waals surface area contributed by atoms with E-state index < -0.39 is 20.0 Å². The molecular weight excluding hydrogens is 374 g/mol. The van der Waals surface area contributed by atoms with E-state index in [1.165, 1.54) is 45.5 Å².